The summed E-state index contributed by atoms with van der Waals surface area (Å²) in [4.78, 5) is 24.7. The normalized spacial score (nSPS) is 11.3. The molecule has 0 amide bonds. The fourth-order valence-electron chi connectivity index (χ4n) is 1.43. The molecule has 0 radical (unpaired) electrons. The number of carbonyl (C=O) groups excluding carboxylic acids is 2. The van der Waals surface area contributed by atoms with Crippen molar-refractivity contribution in [2.45, 2.75) is 113 Å². The van der Waals surface area contributed by atoms with Crippen LogP contribution in [-0.4, -0.2) is 59.5 Å². The van der Waals surface area contributed by atoms with Gasteiger partial charge in [0, 0.05) is 30.7 Å². The van der Waals surface area contributed by atoms with E-state index in [0.29, 0.717) is 31.4 Å². The summed E-state index contributed by atoms with van der Waals surface area (Å²) in [5.74, 6) is 1.29. The molecule has 0 heterocycles. The van der Waals surface area contributed by atoms with Crippen molar-refractivity contribution in [2.24, 2.45) is 22.7 Å². The molecule has 0 unspecified atom stereocenters. The van der Waals surface area contributed by atoms with Crippen molar-refractivity contribution < 1.29 is 34.0 Å². The molecule has 0 aliphatic rings. The Bertz CT molecular complexity index is 527. The molecule has 35 heavy (non-hydrogen) atoms. The van der Waals surface area contributed by atoms with Crippen LogP contribution in [0.5, 0.6) is 0 Å². The molecule has 0 rings (SSSR count). The van der Waals surface area contributed by atoms with E-state index in [0.717, 1.165) is 12.8 Å². The van der Waals surface area contributed by atoms with Crippen LogP contribution in [0.2, 0.25) is 0 Å². The lowest BCUT2D eigenvalue weighted by Gasteiger charge is -2.20. The minimum absolute atomic E-state index is 0.148. The van der Waals surface area contributed by atoms with Crippen molar-refractivity contribution in [1.29, 1.82) is 0 Å². The second-order valence-corrected chi connectivity index (χ2v) is 10.6. The number of rotatable bonds is 7. The molecule has 0 aromatic carbocycles. The first-order valence-electron chi connectivity index (χ1n) is 11.9. The zero-order valence-corrected chi connectivity index (χ0v) is 23.8. The minimum Gasteiger partial charge on any atom is -0.428 e. The minimum atomic E-state index is -1.06. The highest BCUT2D eigenvalue weighted by Gasteiger charge is 2.24. The summed E-state index contributed by atoms with van der Waals surface area (Å²) in [6.45, 7) is 21.5. The predicted octanol–water partition coefficient (Wildman–Crippen LogP) is 5.96. The highest BCUT2D eigenvalue weighted by molar-refractivity contribution is 5.77. The van der Waals surface area contributed by atoms with Gasteiger partial charge in [-0.05, 0) is 85.1 Å². The number of nitrogens with zero attached hydrogens (tertiary/aromatic N) is 3. The summed E-state index contributed by atoms with van der Waals surface area (Å²) < 4.78 is 13.8. The molecule has 4 N–H and O–H groups in total. The molecule has 0 spiro atoms. The number of hydrogen-bond donors (Lipinski definition) is 3. The van der Waals surface area contributed by atoms with Crippen LogP contribution in [0, 0.1) is 11.8 Å². The molecule has 210 valence electrons. The molecule has 0 fully saturated rings. The van der Waals surface area contributed by atoms with Crippen LogP contribution in [0.15, 0.2) is 5.11 Å². The van der Waals surface area contributed by atoms with Crippen molar-refractivity contribution in [2.75, 3.05) is 19.8 Å². The van der Waals surface area contributed by atoms with Gasteiger partial charge in [-0.25, -0.2) is 9.59 Å². The van der Waals surface area contributed by atoms with Gasteiger partial charge in [0.15, 0.2) is 0 Å². The standard InChI is InChI=1S/C10H18O5.C5H11N3.C5H12O.C4H11NO/c1-9(2,3)14-7(11)13-8(12)15-10(4,5)6;1-5(2)3-4-7-8-6;1-5(2)3-4-6;1-4(5)2-3-6/h1-6H3;5H,3-4H2,1-2H3;5-6H,3-4H2,1-2H3;4,6H,2-3,5H2,1H3/t;;;4-/m...1/s1. The number of hydrogen-bond acceptors (Lipinski definition) is 9. The van der Waals surface area contributed by atoms with Crippen LogP contribution >= 0.6 is 0 Å². The largest absolute Gasteiger partial charge is 0.519 e. The van der Waals surface area contributed by atoms with Gasteiger partial charge in [0.05, 0.1) is 0 Å². The van der Waals surface area contributed by atoms with Crippen molar-refractivity contribution in [3.8, 4) is 0 Å². The van der Waals surface area contributed by atoms with Crippen molar-refractivity contribution in [3.63, 3.8) is 0 Å². The number of carbonyl (C=O) groups is 2. The Morgan fingerprint density at radius 1 is 0.829 bits per heavy atom. The van der Waals surface area contributed by atoms with Gasteiger partial charge < -0.3 is 30.2 Å². The third-order valence-corrected chi connectivity index (χ3v) is 3.11. The Balaban J connectivity index is -0.000000202. The van der Waals surface area contributed by atoms with Crippen LogP contribution < -0.4 is 5.73 Å². The first-order chi connectivity index (χ1) is 15.8. The third kappa shape index (κ3) is 54.4. The van der Waals surface area contributed by atoms with Gasteiger partial charge in [-0.15, -0.1) is 0 Å². The first kappa shape index (κ1) is 40.1. The van der Waals surface area contributed by atoms with Crippen molar-refractivity contribution in [3.05, 3.63) is 10.4 Å². The van der Waals surface area contributed by atoms with Gasteiger partial charge in [-0.1, -0.05) is 32.8 Å². The smallest absolute Gasteiger partial charge is 0.428 e. The highest BCUT2D eigenvalue weighted by atomic mass is 16.8. The molecule has 0 aromatic heterocycles. The second kappa shape index (κ2) is 23.7. The summed E-state index contributed by atoms with van der Waals surface area (Å²) in [6.07, 6.45) is 0.512. The Hall–Kier alpha value is -2.07. The van der Waals surface area contributed by atoms with Crippen molar-refractivity contribution >= 4 is 12.3 Å². The summed E-state index contributed by atoms with van der Waals surface area (Å²) in [5, 5.41) is 19.8. The summed E-state index contributed by atoms with van der Waals surface area (Å²) in [5.41, 5.74) is 11.7. The van der Waals surface area contributed by atoms with Gasteiger partial charge >= 0.3 is 12.3 Å². The lowest BCUT2D eigenvalue weighted by molar-refractivity contribution is -0.0293. The van der Waals surface area contributed by atoms with Gasteiger partial charge in [0.2, 0.25) is 0 Å². The van der Waals surface area contributed by atoms with Crippen molar-refractivity contribution in [1.82, 2.24) is 0 Å². The summed E-state index contributed by atoms with van der Waals surface area (Å²) in [6, 6.07) is 0.148. The Morgan fingerprint density at radius 3 is 1.37 bits per heavy atom. The van der Waals surface area contributed by atoms with Crippen LogP contribution in [0.4, 0.5) is 9.59 Å². The van der Waals surface area contributed by atoms with E-state index in [4.69, 9.17) is 31.0 Å². The summed E-state index contributed by atoms with van der Waals surface area (Å²) in [7, 11) is 0. The molecule has 0 bridgehead atoms. The van der Waals surface area contributed by atoms with Crippen LogP contribution in [-0.2, 0) is 14.2 Å². The molecule has 1 atom stereocenters. The Kier molecular flexibility index (Phi) is 27.1. The second-order valence-electron chi connectivity index (χ2n) is 10.6. The van der Waals surface area contributed by atoms with E-state index in [2.05, 4.69) is 42.5 Å². The van der Waals surface area contributed by atoms with Gasteiger partial charge in [0.25, 0.3) is 0 Å². The molecule has 0 saturated heterocycles. The lowest BCUT2D eigenvalue weighted by atomic mass is 10.1. The Labute approximate surface area is 212 Å². The fourth-order valence-corrected chi connectivity index (χ4v) is 1.43. The van der Waals surface area contributed by atoms with E-state index in [1.807, 2.05) is 6.92 Å². The monoisotopic (exact) mass is 508 g/mol. The van der Waals surface area contributed by atoms with Crippen LogP contribution in [0.1, 0.15) is 95.4 Å². The maximum absolute atomic E-state index is 11.0. The lowest BCUT2D eigenvalue weighted by Crippen LogP contribution is -2.29. The Morgan fingerprint density at radius 2 is 1.20 bits per heavy atom. The predicted molar refractivity (Wildman–Crippen MR) is 139 cm³/mol. The SMILES string of the molecule is CC(C)(C)OC(=O)OC(=O)OC(C)(C)C.CC(C)CCN=[N+]=[N-].CC(C)CCO.C[C@@H](N)CCO. The molecule has 11 heteroatoms. The third-order valence-electron chi connectivity index (χ3n) is 3.11. The fraction of sp³-hybridized carbons (Fsp3) is 0.917. The number of nitrogens with two attached hydrogens (primary N) is 1. The van der Waals surface area contributed by atoms with E-state index in [9.17, 15) is 9.59 Å². The van der Waals surface area contributed by atoms with E-state index < -0.39 is 23.5 Å². The first-order valence-corrected chi connectivity index (χ1v) is 11.9. The molecule has 0 saturated carbocycles. The van der Waals surface area contributed by atoms with Gasteiger partial charge in [-0.3, -0.25) is 0 Å². The van der Waals surface area contributed by atoms with E-state index >= 15 is 0 Å². The number of aliphatic hydroxyl groups excluding tert-OH is 2. The maximum atomic E-state index is 11.0. The van der Waals surface area contributed by atoms with Gasteiger partial charge in [0.1, 0.15) is 11.2 Å². The average Bonchev–Trinajstić information content (AvgIpc) is 2.59. The van der Waals surface area contributed by atoms with Crippen LogP contribution in [0.25, 0.3) is 10.4 Å². The zero-order valence-electron chi connectivity index (χ0n) is 23.8. The molecule has 0 aromatic rings. The molecular weight excluding hydrogens is 456 g/mol. The molecule has 0 aliphatic heterocycles. The van der Waals surface area contributed by atoms with E-state index in [1.165, 1.54) is 0 Å². The van der Waals surface area contributed by atoms with Crippen LogP contribution in [0.3, 0.4) is 0 Å². The number of aliphatic hydroxyl groups is 2. The van der Waals surface area contributed by atoms with E-state index in [1.54, 1.807) is 41.5 Å². The number of azide groups is 1. The summed E-state index contributed by atoms with van der Waals surface area (Å²) >= 11 is 0. The zero-order chi connectivity index (χ0) is 28.7. The molecule has 11 nitrogen and oxygen atoms in total. The average molecular weight is 509 g/mol. The van der Waals surface area contributed by atoms with E-state index in [-0.39, 0.29) is 12.6 Å². The molecule has 0 aliphatic carbocycles. The topological polar surface area (TPSA) is 177 Å². The highest BCUT2D eigenvalue weighted by Crippen LogP contribution is 2.11. The number of ether oxygens (including phenoxy) is 3. The molecular formula is C24H52N4O7. The maximum Gasteiger partial charge on any atom is 0.519 e. The quantitative estimate of drug-likeness (QED) is 0.124. The van der Waals surface area contributed by atoms with Gasteiger partial charge in [-0.2, -0.15) is 0 Å².